The summed E-state index contributed by atoms with van der Waals surface area (Å²) in [5, 5.41) is 3.25. The van der Waals surface area contributed by atoms with E-state index in [1.807, 2.05) is 18.2 Å². The van der Waals surface area contributed by atoms with Crippen LogP contribution in [0.25, 0.3) is 6.08 Å². The first-order chi connectivity index (χ1) is 7.76. The lowest BCUT2D eigenvalue weighted by molar-refractivity contribution is -0.134. The molecule has 3 heteroatoms. The van der Waals surface area contributed by atoms with Gasteiger partial charge in [0.1, 0.15) is 0 Å². The van der Waals surface area contributed by atoms with E-state index in [1.54, 1.807) is 6.08 Å². The molecule has 0 aliphatic carbocycles. The SMILES string of the molecule is CCNCc1cccc(C=CC(=O)OC)c1. The van der Waals surface area contributed by atoms with Gasteiger partial charge >= 0.3 is 5.97 Å². The third-order valence-electron chi connectivity index (χ3n) is 2.14. The number of hydrogen-bond donors (Lipinski definition) is 1. The lowest BCUT2D eigenvalue weighted by Crippen LogP contribution is -2.11. The van der Waals surface area contributed by atoms with Crippen molar-refractivity contribution in [3.63, 3.8) is 0 Å². The summed E-state index contributed by atoms with van der Waals surface area (Å²) in [5.41, 5.74) is 2.20. The van der Waals surface area contributed by atoms with E-state index in [4.69, 9.17) is 0 Å². The minimum atomic E-state index is -0.336. The van der Waals surface area contributed by atoms with Crippen LogP contribution < -0.4 is 5.32 Å². The van der Waals surface area contributed by atoms with Gasteiger partial charge in [0.2, 0.25) is 0 Å². The van der Waals surface area contributed by atoms with Gasteiger partial charge in [-0.2, -0.15) is 0 Å². The highest BCUT2D eigenvalue weighted by molar-refractivity contribution is 5.86. The van der Waals surface area contributed by atoms with Gasteiger partial charge in [0, 0.05) is 12.6 Å². The maximum absolute atomic E-state index is 10.9. The molecule has 0 amide bonds. The molecule has 0 aromatic heterocycles. The Bertz CT molecular complexity index is 372. The van der Waals surface area contributed by atoms with E-state index in [1.165, 1.54) is 18.7 Å². The van der Waals surface area contributed by atoms with Crippen LogP contribution in [0.15, 0.2) is 30.3 Å². The van der Waals surface area contributed by atoms with Gasteiger partial charge < -0.3 is 10.1 Å². The number of carbonyl (C=O) groups excluding carboxylic acids is 1. The van der Waals surface area contributed by atoms with Crippen LogP contribution in [0.4, 0.5) is 0 Å². The molecule has 0 aliphatic rings. The summed E-state index contributed by atoms with van der Waals surface area (Å²) < 4.78 is 4.53. The number of nitrogens with one attached hydrogen (secondary N) is 1. The first kappa shape index (κ1) is 12.5. The van der Waals surface area contributed by atoms with Crippen molar-refractivity contribution in [2.75, 3.05) is 13.7 Å². The van der Waals surface area contributed by atoms with E-state index < -0.39 is 0 Å². The quantitative estimate of drug-likeness (QED) is 0.608. The zero-order valence-corrected chi connectivity index (χ0v) is 9.69. The fraction of sp³-hybridized carbons (Fsp3) is 0.308. The van der Waals surface area contributed by atoms with Crippen LogP contribution in [-0.2, 0) is 16.1 Å². The van der Waals surface area contributed by atoms with Crippen molar-refractivity contribution in [2.45, 2.75) is 13.5 Å². The Kier molecular flexibility index (Phi) is 5.29. The van der Waals surface area contributed by atoms with Crippen LogP contribution in [0, 0.1) is 0 Å². The smallest absolute Gasteiger partial charge is 0.330 e. The molecule has 0 spiro atoms. The second-order valence-electron chi connectivity index (χ2n) is 3.38. The number of benzene rings is 1. The number of esters is 1. The van der Waals surface area contributed by atoms with Crippen LogP contribution >= 0.6 is 0 Å². The molecule has 1 aromatic rings. The summed E-state index contributed by atoms with van der Waals surface area (Å²) in [4.78, 5) is 10.9. The van der Waals surface area contributed by atoms with Crippen molar-refractivity contribution in [3.05, 3.63) is 41.5 Å². The van der Waals surface area contributed by atoms with Gasteiger partial charge in [-0.05, 0) is 23.7 Å². The Morgan fingerprint density at radius 2 is 2.31 bits per heavy atom. The Labute approximate surface area is 96.1 Å². The molecular formula is C13H17NO2. The van der Waals surface area contributed by atoms with Crippen molar-refractivity contribution >= 4 is 12.0 Å². The third-order valence-corrected chi connectivity index (χ3v) is 2.14. The van der Waals surface area contributed by atoms with Crippen LogP contribution in [0.1, 0.15) is 18.1 Å². The molecule has 0 atom stereocenters. The van der Waals surface area contributed by atoms with Crippen LogP contribution in [0.3, 0.4) is 0 Å². The molecule has 1 N–H and O–H groups in total. The zero-order valence-electron chi connectivity index (χ0n) is 9.69. The first-order valence-corrected chi connectivity index (χ1v) is 5.32. The number of rotatable bonds is 5. The molecule has 0 aliphatic heterocycles. The molecule has 0 heterocycles. The predicted octanol–water partition coefficient (Wildman–Crippen LogP) is 1.98. The summed E-state index contributed by atoms with van der Waals surface area (Å²) >= 11 is 0. The molecule has 1 aromatic carbocycles. The molecule has 0 saturated heterocycles. The normalized spacial score (nSPS) is 10.6. The van der Waals surface area contributed by atoms with Gasteiger partial charge in [-0.25, -0.2) is 4.79 Å². The maximum atomic E-state index is 10.9. The van der Waals surface area contributed by atoms with Crippen molar-refractivity contribution in [2.24, 2.45) is 0 Å². The molecule has 86 valence electrons. The summed E-state index contributed by atoms with van der Waals surface area (Å²) in [6.45, 7) is 3.86. The van der Waals surface area contributed by atoms with E-state index in [2.05, 4.69) is 23.0 Å². The van der Waals surface area contributed by atoms with E-state index in [-0.39, 0.29) is 5.97 Å². The largest absolute Gasteiger partial charge is 0.466 e. The summed E-state index contributed by atoms with van der Waals surface area (Å²) in [5.74, 6) is -0.336. The van der Waals surface area contributed by atoms with Gasteiger partial charge in [-0.3, -0.25) is 0 Å². The van der Waals surface area contributed by atoms with Gasteiger partial charge in [0.05, 0.1) is 7.11 Å². The van der Waals surface area contributed by atoms with Crippen molar-refractivity contribution in [1.29, 1.82) is 0 Å². The average molecular weight is 219 g/mol. The van der Waals surface area contributed by atoms with Gasteiger partial charge in [0.15, 0.2) is 0 Å². The predicted molar refractivity (Wildman–Crippen MR) is 64.9 cm³/mol. The highest BCUT2D eigenvalue weighted by Gasteiger charge is 1.94. The molecular weight excluding hydrogens is 202 g/mol. The van der Waals surface area contributed by atoms with Crippen LogP contribution in [0.5, 0.6) is 0 Å². The molecule has 3 nitrogen and oxygen atoms in total. The summed E-state index contributed by atoms with van der Waals surface area (Å²) in [6.07, 6.45) is 3.17. The third kappa shape index (κ3) is 4.28. The number of methoxy groups -OCH3 is 1. The minimum Gasteiger partial charge on any atom is -0.466 e. The molecule has 0 fully saturated rings. The average Bonchev–Trinajstić information content (AvgIpc) is 2.34. The fourth-order valence-electron chi connectivity index (χ4n) is 1.31. The second-order valence-corrected chi connectivity index (χ2v) is 3.38. The van der Waals surface area contributed by atoms with Gasteiger partial charge in [-0.1, -0.05) is 31.2 Å². The number of hydrogen-bond acceptors (Lipinski definition) is 3. The van der Waals surface area contributed by atoms with Crippen LogP contribution in [0.2, 0.25) is 0 Å². The lowest BCUT2D eigenvalue weighted by Gasteiger charge is -2.02. The molecule has 1 rings (SSSR count). The Balaban J connectivity index is 2.66. The molecule has 0 saturated carbocycles. The number of carbonyl (C=O) groups is 1. The molecule has 0 bridgehead atoms. The second kappa shape index (κ2) is 6.80. The van der Waals surface area contributed by atoms with E-state index >= 15 is 0 Å². The lowest BCUT2D eigenvalue weighted by atomic mass is 10.1. The molecule has 0 unspecified atom stereocenters. The van der Waals surface area contributed by atoms with Gasteiger partial charge in [0.25, 0.3) is 0 Å². The Morgan fingerprint density at radius 3 is 3.00 bits per heavy atom. The van der Waals surface area contributed by atoms with Crippen LogP contribution in [-0.4, -0.2) is 19.6 Å². The summed E-state index contributed by atoms with van der Waals surface area (Å²) in [6, 6.07) is 8.03. The standard InChI is InChI=1S/C13H17NO2/c1-3-14-10-12-6-4-5-11(9-12)7-8-13(15)16-2/h4-9,14H,3,10H2,1-2H3. The topological polar surface area (TPSA) is 38.3 Å². The summed E-state index contributed by atoms with van der Waals surface area (Å²) in [7, 11) is 1.37. The van der Waals surface area contributed by atoms with Crippen molar-refractivity contribution in [3.8, 4) is 0 Å². The van der Waals surface area contributed by atoms with Crippen molar-refractivity contribution in [1.82, 2.24) is 5.32 Å². The van der Waals surface area contributed by atoms with E-state index in [9.17, 15) is 4.79 Å². The highest BCUT2D eigenvalue weighted by Crippen LogP contribution is 2.07. The highest BCUT2D eigenvalue weighted by atomic mass is 16.5. The monoisotopic (exact) mass is 219 g/mol. The van der Waals surface area contributed by atoms with Gasteiger partial charge in [-0.15, -0.1) is 0 Å². The maximum Gasteiger partial charge on any atom is 0.330 e. The molecule has 0 radical (unpaired) electrons. The molecule has 16 heavy (non-hydrogen) atoms. The Morgan fingerprint density at radius 1 is 1.50 bits per heavy atom. The zero-order chi connectivity index (χ0) is 11.8. The Hall–Kier alpha value is -1.61. The fourth-order valence-corrected chi connectivity index (χ4v) is 1.31. The van der Waals surface area contributed by atoms with E-state index in [0.717, 1.165) is 18.7 Å². The minimum absolute atomic E-state index is 0.336. The van der Waals surface area contributed by atoms with E-state index in [0.29, 0.717) is 0 Å². The van der Waals surface area contributed by atoms with Crippen molar-refractivity contribution < 1.29 is 9.53 Å². The number of ether oxygens (including phenoxy) is 1. The first-order valence-electron chi connectivity index (χ1n) is 5.32.